The van der Waals surface area contributed by atoms with Gasteiger partial charge in [-0.15, -0.1) is 0 Å². The zero-order valence-electron chi connectivity index (χ0n) is 13.9. The molecule has 3 rings (SSSR count). The molecular formula is C16H22N4O3. The molecule has 0 bridgehead atoms. The molecule has 2 atom stereocenters. The third kappa shape index (κ3) is 2.88. The maximum absolute atomic E-state index is 13.0. The van der Waals surface area contributed by atoms with E-state index in [2.05, 4.69) is 24.0 Å². The molecule has 7 nitrogen and oxygen atoms in total. The lowest BCUT2D eigenvalue weighted by Crippen LogP contribution is -2.33. The van der Waals surface area contributed by atoms with Crippen molar-refractivity contribution in [3.8, 4) is 0 Å². The zero-order chi connectivity index (χ0) is 16.6. The molecule has 1 fully saturated rings. The summed E-state index contributed by atoms with van der Waals surface area (Å²) in [5, 5.41) is 3.84. The number of ether oxygens (including phenoxy) is 1. The van der Waals surface area contributed by atoms with Crippen LogP contribution in [-0.4, -0.2) is 45.3 Å². The first-order chi connectivity index (χ1) is 11.0. The van der Waals surface area contributed by atoms with Gasteiger partial charge in [0.25, 0.3) is 5.91 Å². The molecule has 3 heterocycles. The molecule has 0 unspecified atom stereocenters. The van der Waals surface area contributed by atoms with Crippen LogP contribution in [0.1, 0.15) is 54.6 Å². The molecule has 0 aliphatic carbocycles. The van der Waals surface area contributed by atoms with Gasteiger partial charge in [0.1, 0.15) is 11.7 Å². The van der Waals surface area contributed by atoms with Crippen molar-refractivity contribution in [3.63, 3.8) is 0 Å². The highest BCUT2D eigenvalue weighted by molar-refractivity contribution is 5.93. The standard InChI is InChI=1S/C16H22N4O3/c1-10(2)19-7-5-6-13(19)16(21)20-9-12(22-4)8-14(20)15-17-11(3)18-23-15/h5-7,10,12,14H,8-9H2,1-4H3/t12-,14-/m1/s1. The molecule has 1 amide bonds. The number of hydrogen-bond acceptors (Lipinski definition) is 5. The van der Waals surface area contributed by atoms with E-state index in [1.165, 1.54) is 0 Å². The van der Waals surface area contributed by atoms with Gasteiger partial charge in [0.15, 0.2) is 5.82 Å². The van der Waals surface area contributed by atoms with Gasteiger partial charge in [0.05, 0.1) is 6.10 Å². The molecule has 0 radical (unpaired) electrons. The predicted octanol–water partition coefficient (Wildman–Crippen LogP) is 2.36. The van der Waals surface area contributed by atoms with Gasteiger partial charge in [-0.25, -0.2) is 0 Å². The Bertz CT molecular complexity index is 691. The smallest absolute Gasteiger partial charge is 0.271 e. The van der Waals surface area contributed by atoms with Crippen LogP contribution in [0.5, 0.6) is 0 Å². The van der Waals surface area contributed by atoms with Crippen LogP contribution < -0.4 is 0 Å². The van der Waals surface area contributed by atoms with E-state index < -0.39 is 0 Å². The molecule has 0 N–H and O–H groups in total. The molecule has 124 valence electrons. The lowest BCUT2D eigenvalue weighted by Gasteiger charge is -2.23. The summed E-state index contributed by atoms with van der Waals surface area (Å²) in [5.41, 5.74) is 0.665. The number of carbonyl (C=O) groups excluding carboxylic acids is 1. The topological polar surface area (TPSA) is 73.4 Å². The van der Waals surface area contributed by atoms with Gasteiger partial charge in [0.2, 0.25) is 5.89 Å². The van der Waals surface area contributed by atoms with Crippen LogP contribution in [0.25, 0.3) is 0 Å². The highest BCUT2D eigenvalue weighted by Crippen LogP contribution is 2.34. The molecule has 2 aromatic heterocycles. The predicted molar refractivity (Wildman–Crippen MR) is 83.0 cm³/mol. The second-order valence-corrected chi connectivity index (χ2v) is 6.14. The molecule has 7 heteroatoms. The Morgan fingerprint density at radius 2 is 2.26 bits per heavy atom. The molecule has 0 spiro atoms. The van der Waals surface area contributed by atoms with E-state index in [0.717, 1.165) is 0 Å². The van der Waals surface area contributed by atoms with Crippen LogP contribution in [0, 0.1) is 6.92 Å². The fraction of sp³-hybridized carbons (Fsp3) is 0.562. The minimum Gasteiger partial charge on any atom is -0.380 e. The van der Waals surface area contributed by atoms with E-state index in [1.54, 1.807) is 18.9 Å². The molecule has 1 aliphatic rings. The molecule has 0 saturated carbocycles. The molecule has 2 aromatic rings. The number of amides is 1. The van der Waals surface area contributed by atoms with Crippen molar-refractivity contribution in [1.29, 1.82) is 0 Å². The number of methoxy groups -OCH3 is 1. The first kappa shape index (κ1) is 15.7. The van der Waals surface area contributed by atoms with Crippen molar-refractivity contribution in [2.24, 2.45) is 0 Å². The summed E-state index contributed by atoms with van der Waals surface area (Å²) >= 11 is 0. The number of aromatic nitrogens is 3. The zero-order valence-corrected chi connectivity index (χ0v) is 13.9. The Labute approximate surface area is 135 Å². The largest absolute Gasteiger partial charge is 0.380 e. The number of likely N-dealkylation sites (tertiary alicyclic amines) is 1. The summed E-state index contributed by atoms with van der Waals surface area (Å²) in [4.78, 5) is 19.1. The van der Waals surface area contributed by atoms with Gasteiger partial charge in [-0.05, 0) is 32.9 Å². The van der Waals surface area contributed by atoms with Crippen molar-refractivity contribution in [1.82, 2.24) is 19.6 Å². The Hall–Kier alpha value is -2.15. The van der Waals surface area contributed by atoms with E-state index in [0.29, 0.717) is 30.4 Å². The maximum Gasteiger partial charge on any atom is 0.271 e. The fourth-order valence-electron chi connectivity index (χ4n) is 3.05. The first-order valence-electron chi connectivity index (χ1n) is 7.82. The van der Waals surface area contributed by atoms with Crippen LogP contribution in [0.15, 0.2) is 22.9 Å². The van der Waals surface area contributed by atoms with Crippen LogP contribution in [0.4, 0.5) is 0 Å². The normalized spacial score (nSPS) is 21.3. The van der Waals surface area contributed by atoms with Crippen molar-refractivity contribution in [2.45, 2.75) is 45.4 Å². The fourth-order valence-corrected chi connectivity index (χ4v) is 3.05. The van der Waals surface area contributed by atoms with Crippen molar-refractivity contribution in [3.05, 3.63) is 35.7 Å². The van der Waals surface area contributed by atoms with Crippen LogP contribution in [0.3, 0.4) is 0 Å². The van der Waals surface area contributed by atoms with Crippen molar-refractivity contribution in [2.75, 3.05) is 13.7 Å². The molecule has 23 heavy (non-hydrogen) atoms. The first-order valence-corrected chi connectivity index (χ1v) is 7.82. The number of carbonyl (C=O) groups is 1. The van der Waals surface area contributed by atoms with Crippen LogP contribution in [0.2, 0.25) is 0 Å². The van der Waals surface area contributed by atoms with E-state index in [-0.39, 0.29) is 24.1 Å². The number of aryl methyl sites for hydroxylation is 1. The summed E-state index contributed by atoms with van der Waals surface area (Å²) in [5.74, 6) is 1.00. The average Bonchev–Trinajstić information content (AvgIpc) is 3.24. The van der Waals surface area contributed by atoms with Crippen LogP contribution >= 0.6 is 0 Å². The third-order valence-corrected chi connectivity index (χ3v) is 4.24. The Balaban J connectivity index is 1.91. The Kier molecular flexibility index (Phi) is 4.21. The minimum atomic E-state index is -0.246. The second kappa shape index (κ2) is 6.16. The monoisotopic (exact) mass is 318 g/mol. The van der Waals surface area contributed by atoms with E-state index in [9.17, 15) is 4.79 Å². The lowest BCUT2D eigenvalue weighted by molar-refractivity contribution is 0.0659. The van der Waals surface area contributed by atoms with Crippen LogP contribution in [-0.2, 0) is 4.74 Å². The lowest BCUT2D eigenvalue weighted by atomic mass is 10.2. The SMILES string of the molecule is CO[C@@H]1C[C@H](c2nc(C)no2)N(C(=O)c2cccn2C(C)C)C1. The molecule has 1 aliphatic heterocycles. The molecular weight excluding hydrogens is 296 g/mol. The highest BCUT2D eigenvalue weighted by atomic mass is 16.5. The number of hydrogen-bond donors (Lipinski definition) is 0. The maximum atomic E-state index is 13.0. The Morgan fingerprint density at radius 3 is 2.87 bits per heavy atom. The highest BCUT2D eigenvalue weighted by Gasteiger charge is 2.40. The number of nitrogens with zero attached hydrogens (tertiary/aromatic N) is 4. The molecule has 0 aromatic carbocycles. The summed E-state index contributed by atoms with van der Waals surface area (Å²) in [7, 11) is 1.66. The summed E-state index contributed by atoms with van der Waals surface area (Å²) in [6, 6.07) is 3.71. The summed E-state index contributed by atoms with van der Waals surface area (Å²) < 4.78 is 12.7. The summed E-state index contributed by atoms with van der Waals surface area (Å²) in [6.07, 6.45) is 2.55. The number of rotatable bonds is 4. The van der Waals surface area contributed by atoms with Crippen molar-refractivity contribution < 1.29 is 14.1 Å². The third-order valence-electron chi connectivity index (χ3n) is 4.24. The van der Waals surface area contributed by atoms with E-state index in [1.807, 2.05) is 22.9 Å². The van der Waals surface area contributed by atoms with Gasteiger partial charge < -0.3 is 18.7 Å². The van der Waals surface area contributed by atoms with Gasteiger partial charge in [-0.3, -0.25) is 4.79 Å². The minimum absolute atomic E-state index is 0.0291. The van der Waals surface area contributed by atoms with Crippen molar-refractivity contribution >= 4 is 5.91 Å². The quantitative estimate of drug-likeness (QED) is 0.865. The van der Waals surface area contributed by atoms with Gasteiger partial charge in [-0.2, -0.15) is 4.98 Å². The summed E-state index contributed by atoms with van der Waals surface area (Å²) in [6.45, 7) is 6.39. The molecule has 1 saturated heterocycles. The second-order valence-electron chi connectivity index (χ2n) is 6.14. The van der Waals surface area contributed by atoms with Gasteiger partial charge in [-0.1, -0.05) is 5.16 Å². The Morgan fingerprint density at radius 1 is 1.48 bits per heavy atom. The van der Waals surface area contributed by atoms with Gasteiger partial charge in [0, 0.05) is 32.3 Å². The van der Waals surface area contributed by atoms with Gasteiger partial charge >= 0.3 is 0 Å². The van der Waals surface area contributed by atoms with E-state index >= 15 is 0 Å². The average molecular weight is 318 g/mol. The van der Waals surface area contributed by atoms with E-state index in [4.69, 9.17) is 9.26 Å².